The van der Waals surface area contributed by atoms with Gasteiger partial charge in [0.1, 0.15) is 0 Å². The minimum absolute atomic E-state index is 0.102. The fraction of sp³-hybridized carbons (Fsp3) is 0.533. The van der Waals surface area contributed by atoms with Gasteiger partial charge < -0.3 is 10.6 Å². The molecule has 1 aromatic rings. The Hall–Kier alpha value is -1.35. The fourth-order valence-corrected chi connectivity index (χ4v) is 1.87. The van der Waals surface area contributed by atoms with Crippen LogP contribution in [0.25, 0.3) is 0 Å². The van der Waals surface area contributed by atoms with Crippen LogP contribution in [0.2, 0.25) is 0 Å². The zero-order valence-electron chi connectivity index (χ0n) is 11.6. The van der Waals surface area contributed by atoms with E-state index in [1.807, 2.05) is 18.2 Å². The van der Waals surface area contributed by atoms with E-state index in [4.69, 9.17) is 0 Å². The Balaban J connectivity index is 2.61. The molecule has 0 saturated carbocycles. The van der Waals surface area contributed by atoms with Gasteiger partial charge in [-0.3, -0.25) is 4.79 Å². The van der Waals surface area contributed by atoms with Gasteiger partial charge in [-0.05, 0) is 37.6 Å². The standard InChI is InChI=1S/C15H24N2O/c1-4-6-10-15(18)17-14-9-7-8-13(11-14)12(3)16-5-2/h7-9,11-12,16H,4-6,10H2,1-3H3,(H,17,18). The van der Waals surface area contributed by atoms with Gasteiger partial charge in [0.2, 0.25) is 5.91 Å². The summed E-state index contributed by atoms with van der Waals surface area (Å²) in [6.07, 6.45) is 2.59. The molecular formula is C15H24N2O. The third-order valence-electron chi connectivity index (χ3n) is 2.94. The Kier molecular flexibility index (Phi) is 6.44. The number of amides is 1. The molecule has 1 amide bonds. The Morgan fingerprint density at radius 3 is 2.78 bits per heavy atom. The summed E-state index contributed by atoms with van der Waals surface area (Å²) in [6.45, 7) is 7.24. The van der Waals surface area contributed by atoms with E-state index in [2.05, 4.69) is 37.5 Å². The highest BCUT2D eigenvalue weighted by molar-refractivity contribution is 5.90. The van der Waals surface area contributed by atoms with Gasteiger partial charge in [0, 0.05) is 18.2 Å². The molecular weight excluding hydrogens is 224 g/mol. The number of hydrogen-bond donors (Lipinski definition) is 2. The molecule has 0 aliphatic rings. The maximum atomic E-state index is 11.7. The topological polar surface area (TPSA) is 41.1 Å². The number of hydrogen-bond acceptors (Lipinski definition) is 2. The molecule has 100 valence electrons. The lowest BCUT2D eigenvalue weighted by molar-refractivity contribution is -0.116. The molecule has 3 heteroatoms. The molecule has 1 aromatic carbocycles. The first-order chi connectivity index (χ1) is 8.67. The summed E-state index contributed by atoms with van der Waals surface area (Å²) in [6, 6.07) is 8.35. The van der Waals surface area contributed by atoms with Crippen molar-refractivity contribution in [3.05, 3.63) is 29.8 Å². The molecule has 0 radical (unpaired) electrons. The highest BCUT2D eigenvalue weighted by Crippen LogP contribution is 2.17. The first kappa shape index (κ1) is 14.7. The molecule has 0 heterocycles. The van der Waals surface area contributed by atoms with Crippen molar-refractivity contribution >= 4 is 11.6 Å². The summed E-state index contributed by atoms with van der Waals surface area (Å²) < 4.78 is 0. The molecule has 0 aliphatic carbocycles. The van der Waals surface area contributed by atoms with E-state index in [1.54, 1.807) is 0 Å². The molecule has 0 saturated heterocycles. The molecule has 0 spiro atoms. The van der Waals surface area contributed by atoms with Gasteiger partial charge in [-0.25, -0.2) is 0 Å². The van der Waals surface area contributed by atoms with E-state index in [1.165, 1.54) is 5.56 Å². The molecule has 0 fully saturated rings. The maximum absolute atomic E-state index is 11.7. The molecule has 1 unspecified atom stereocenters. The van der Waals surface area contributed by atoms with Crippen molar-refractivity contribution in [2.75, 3.05) is 11.9 Å². The smallest absolute Gasteiger partial charge is 0.224 e. The van der Waals surface area contributed by atoms with Crippen molar-refractivity contribution in [1.29, 1.82) is 0 Å². The zero-order chi connectivity index (χ0) is 13.4. The van der Waals surface area contributed by atoms with Crippen LogP contribution in [0, 0.1) is 0 Å². The second-order valence-electron chi connectivity index (χ2n) is 4.56. The predicted molar refractivity (Wildman–Crippen MR) is 76.7 cm³/mol. The number of carbonyl (C=O) groups is 1. The van der Waals surface area contributed by atoms with E-state index in [0.717, 1.165) is 25.1 Å². The van der Waals surface area contributed by atoms with Gasteiger partial charge in [0.05, 0.1) is 0 Å². The zero-order valence-corrected chi connectivity index (χ0v) is 11.6. The van der Waals surface area contributed by atoms with E-state index < -0.39 is 0 Å². The highest BCUT2D eigenvalue weighted by atomic mass is 16.1. The number of nitrogens with one attached hydrogen (secondary N) is 2. The first-order valence-corrected chi connectivity index (χ1v) is 6.80. The lowest BCUT2D eigenvalue weighted by Gasteiger charge is -2.14. The van der Waals surface area contributed by atoms with Crippen molar-refractivity contribution in [2.45, 2.75) is 46.1 Å². The number of carbonyl (C=O) groups excluding carboxylic acids is 1. The molecule has 18 heavy (non-hydrogen) atoms. The number of anilines is 1. The SMILES string of the molecule is CCCCC(=O)Nc1cccc(C(C)NCC)c1. The number of unbranched alkanes of at least 4 members (excludes halogenated alkanes) is 1. The largest absolute Gasteiger partial charge is 0.326 e. The van der Waals surface area contributed by atoms with Gasteiger partial charge >= 0.3 is 0 Å². The molecule has 0 aromatic heterocycles. The van der Waals surface area contributed by atoms with E-state index >= 15 is 0 Å². The first-order valence-electron chi connectivity index (χ1n) is 6.80. The van der Waals surface area contributed by atoms with Gasteiger partial charge in [-0.2, -0.15) is 0 Å². The Bertz CT molecular complexity index is 377. The third-order valence-corrected chi connectivity index (χ3v) is 2.94. The Morgan fingerprint density at radius 2 is 2.11 bits per heavy atom. The van der Waals surface area contributed by atoms with Crippen LogP contribution < -0.4 is 10.6 Å². The third kappa shape index (κ3) is 4.88. The monoisotopic (exact) mass is 248 g/mol. The molecule has 1 atom stereocenters. The molecule has 0 aliphatic heterocycles. The van der Waals surface area contributed by atoms with E-state index in [0.29, 0.717) is 12.5 Å². The van der Waals surface area contributed by atoms with Crippen LogP contribution in [0.3, 0.4) is 0 Å². The van der Waals surface area contributed by atoms with Gasteiger partial charge in [-0.1, -0.05) is 32.4 Å². The predicted octanol–water partition coefficient (Wildman–Crippen LogP) is 3.49. The molecule has 1 rings (SSSR count). The van der Waals surface area contributed by atoms with Gasteiger partial charge in [0.25, 0.3) is 0 Å². The van der Waals surface area contributed by atoms with Crippen LogP contribution in [-0.4, -0.2) is 12.5 Å². The van der Waals surface area contributed by atoms with Crippen LogP contribution in [0.1, 0.15) is 51.6 Å². The Morgan fingerprint density at radius 1 is 1.33 bits per heavy atom. The van der Waals surface area contributed by atoms with Crippen molar-refractivity contribution in [3.8, 4) is 0 Å². The second-order valence-corrected chi connectivity index (χ2v) is 4.56. The normalized spacial score (nSPS) is 12.2. The number of rotatable bonds is 7. The molecule has 0 bridgehead atoms. The average Bonchev–Trinajstić information content (AvgIpc) is 2.37. The summed E-state index contributed by atoms with van der Waals surface area (Å²) in [5.74, 6) is 0.102. The van der Waals surface area contributed by atoms with Crippen molar-refractivity contribution in [1.82, 2.24) is 5.32 Å². The van der Waals surface area contributed by atoms with Crippen molar-refractivity contribution in [3.63, 3.8) is 0 Å². The molecule has 2 N–H and O–H groups in total. The van der Waals surface area contributed by atoms with E-state index in [-0.39, 0.29) is 5.91 Å². The average molecular weight is 248 g/mol. The fourth-order valence-electron chi connectivity index (χ4n) is 1.87. The number of benzene rings is 1. The summed E-state index contributed by atoms with van der Waals surface area (Å²) in [4.78, 5) is 11.7. The van der Waals surface area contributed by atoms with Crippen LogP contribution >= 0.6 is 0 Å². The maximum Gasteiger partial charge on any atom is 0.224 e. The molecule has 3 nitrogen and oxygen atoms in total. The summed E-state index contributed by atoms with van der Waals surface area (Å²) in [5, 5.41) is 6.31. The van der Waals surface area contributed by atoms with Crippen LogP contribution in [-0.2, 0) is 4.79 Å². The van der Waals surface area contributed by atoms with E-state index in [9.17, 15) is 4.79 Å². The van der Waals surface area contributed by atoms with Crippen LogP contribution in [0.4, 0.5) is 5.69 Å². The van der Waals surface area contributed by atoms with Gasteiger partial charge in [-0.15, -0.1) is 0 Å². The lowest BCUT2D eigenvalue weighted by atomic mass is 10.1. The van der Waals surface area contributed by atoms with Crippen LogP contribution in [0.15, 0.2) is 24.3 Å². The van der Waals surface area contributed by atoms with Crippen LogP contribution in [0.5, 0.6) is 0 Å². The second kappa shape index (κ2) is 7.88. The van der Waals surface area contributed by atoms with Crippen molar-refractivity contribution < 1.29 is 4.79 Å². The minimum Gasteiger partial charge on any atom is -0.326 e. The summed E-state index contributed by atoms with van der Waals surface area (Å²) in [5.41, 5.74) is 2.09. The quantitative estimate of drug-likeness (QED) is 0.775. The van der Waals surface area contributed by atoms with Gasteiger partial charge in [0.15, 0.2) is 0 Å². The lowest BCUT2D eigenvalue weighted by Crippen LogP contribution is -2.18. The highest BCUT2D eigenvalue weighted by Gasteiger charge is 2.06. The summed E-state index contributed by atoms with van der Waals surface area (Å²) in [7, 11) is 0. The van der Waals surface area contributed by atoms with Crippen molar-refractivity contribution in [2.24, 2.45) is 0 Å². The minimum atomic E-state index is 0.102. The summed E-state index contributed by atoms with van der Waals surface area (Å²) >= 11 is 0. The Labute approximate surface area is 110 Å².